The predicted molar refractivity (Wildman–Crippen MR) is 50.7 cm³/mol. The summed E-state index contributed by atoms with van der Waals surface area (Å²) in [5.41, 5.74) is 0.989. The number of hydrogen-bond acceptors (Lipinski definition) is 3. The number of rotatable bonds is 2. The SMILES string of the molecule is CN[C@@H]1CC[C@H](c2nc(C)co2)C1. The molecule has 1 fully saturated rings. The maximum atomic E-state index is 5.40. The topological polar surface area (TPSA) is 38.1 Å². The Kier molecular flexibility index (Phi) is 2.36. The Morgan fingerprint density at radius 2 is 2.38 bits per heavy atom. The molecule has 72 valence electrons. The van der Waals surface area contributed by atoms with Crippen molar-refractivity contribution < 1.29 is 4.42 Å². The van der Waals surface area contributed by atoms with Crippen LogP contribution in [0.5, 0.6) is 0 Å². The van der Waals surface area contributed by atoms with Gasteiger partial charge in [0.1, 0.15) is 6.26 Å². The van der Waals surface area contributed by atoms with Crippen LogP contribution >= 0.6 is 0 Å². The summed E-state index contributed by atoms with van der Waals surface area (Å²) >= 11 is 0. The van der Waals surface area contributed by atoms with Crippen molar-refractivity contribution in [3.8, 4) is 0 Å². The summed E-state index contributed by atoms with van der Waals surface area (Å²) in [6.45, 7) is 1.97. The van der Waals surface area contributed by atoms with E-state index in [1.807, 2.05) is 14.0 Å². The van der Waals surface area contributed by atoms with Crippen molar-refractivity contribution in [3.05, 3.63) is 17.8 Å². The summed E-state index contributed by atoms with van der Waals surface area (Å²) in [6.07, 6.45) is 5.34. The molecule has 1 aliphatic carbocycles. The summed E-state index contributed by atoms with van der Waals surface area (Å²) in [5, 5.41) is 3.30. The van der Waals surface area contributed by atoms with E-state index in [2.05, 4.69) is 10.3 Å². The van der Waals surface area contributed by atoms with Crippen LogP contribution in [-0.4, -0.2) is 18.1 Å². The van der Waals surface area contributed by atoms with E-state index in [0.717, 1.165) is 18.0 Å². The van der Waals surface area contributed by atoms with Crippen molar-refractivity contribution in [2.45, 2.75) is 38.1 Å². The first-order valence-corrected chi connectivity index (χ1v) is 4.89. The maximum absolute atomic E-state index is 5.40. The van der Waals surface area contributed by atoms with Gasteiger partial charge in [-0.25, -0.2) is 4.98 Å². The van der Waals surface area contributed by atoms with Gasteiger partial charge in [0.25, 0.3) is 0 Å². The Balaban J connectivity index is 2.03. The van der Waals surface area contributed by atoms with Gasteiger partial charge in [0.05, 0.1) is 5.69 Å². The number of nitrogens with zero attached hydrogens (tertiary/aromatic N) is 1. The summed E-state index contributed by atoms with van der Waals surface area (Å²) in [7, 11) is 2.02. The molecule has 0 spiro atoms. The standard InChI is InChI=1S/C10H16N2O/c1-7-6-13-10(12-7)8-3-4-9(5-8)11-2/h6,8-9,11H,3-5H2,1-2H3/t8-,9+/m0/s1. The molecule has 0 saturated heterocycles. The molecular weight excluding hydrogens is 164 g/mol. The van der Waals surface area contributed by atoms with Crippen LogP contribution in [0.15, 0.2) is 10.7 Å². The Morgan fingerprint density at radius 1 is 1.54 bits per heavy atom. The molecule has 0 aromatic carbocycles. The third-order valence-corrected chi connectivity index (χ3v) is 2.83. The lowest BCUT2D eigenvalue weighted by Gasteiger charge is -2.06. The van der Waals surface area contributed by atoms with Crippen LogP contribution in [0.4, 0.5) is 0 Å². The summed E-state index contributed by atoms with van der Waals surface area (Å²) in [5.74, 6) is 1.46. The highest BCUT2D eigenvalue weighted by molar-refractivity contribution is 5.02. The average Bonchev–Trinajstić information content (AvgIpc) is 2.71. The monoisotopic (exact) mass is 180 g/mol. The Morgan fingerprint density at radius 3 is 2.92 bits per heavy atom. The van der Waals surface area contributed by atoms with Crippen LogP contribution in [0, 0.1) is 6.92 Å². The second-order valence-corrected chi connectivity index (χ2v) is 3.82. The van der Waals surface area contributed by atoms with Gasteiger partial charge in [-0.15, -0.1) is 0 Å². The summed E-state index contributed by atoms with van der Waals surface area (Å²) in [4.78, 5) is 4.37. The molecule has 0 unspecified atom stereocenters. The van der Waals surface area contributed by atoms with E-state index in [9.17, 15) is 0 Å². The second kappa shape index (κ2) is 3.50. The largest absolute Gasteiger partial charge is 0.448 e. The molecule has 13 heavy (non-hydrogen) atoms. The fourth-order valence-electron chi connectivity index (χ4n) is 2.03. The highest BCUT2D eigenvalue weighted by Gasteiger charge is 2.27. The van der Waals surface area contributed by atoms with Crippen molar-refractivity contribution in [2.75, 3.05) is 7.05 Å². The first-order valence-electron chi connectivity index (χ1n) is 4.89. The molecule has 1 saturated carbocycles. The molecule has 1 aromatic rings. The molecule has 1 N–H and O–H groups in total. The molecule has 2 rings (SSSR count). The smallest absolute Gasteiger partial charge is 0.197 e. The van der Waals surface area contributed by atoms with Gasteiger partial charge < -0.3 is 9.73 Å². The van der Waals surface area contributed by atoms with Crippen LogP contribution in [-0.2, 0) is 0 Å². The number of nitrogens with one attached hydrogen (secondary N) is 1. The second-order valence-electron chi connectivity index (χ2n) is 3.82. The lowest BCUT2D eigenvalue weighted by Crippen LogP contribution is -2.21. The van der Waals surface area contributed by atoms with Crippen LogP contribution in [0.2, 0.25) is 0 Å². The maximum Gasteiger partial charge on any atom is 0.197 e. The number of aryl methyl sites for hydroxylation is 1. The van der Waals surface area contributed by atoms with E-state index in [-0.39, 0.29) is 0 Å². The fourth-order valence-corrected chi connectivity index (χ4v) is 2.03. The molecule has 1 aromatic heterocycles. The van der Waals surface area contributed by atoms with Crippen molar-refractivity contribution in [1.29, 1.82) is 0 Å². The van der Waals surface area contributed by atoms with Gasteiger partial charge >= 0.3 is 0 Å². The van der Waals surface area contributed by atoms with Crippen LogP contribution in [0.25, 0.3) is 0 Å². The van der Waals surface area contributed by atoms with Crippen molar-refractivity contribution in [1.82, 2.24) is 10.3 Å². The minimum atomic E-state index is 0.533. The zero-order valence-corrected chi connectivity index (χ0v) is 8.21. The Hall–Kier alpha value is -0.830. The normalized spacial score (nSPS) is 28.2. The molecule has 2 atom stereocenters. The van der Waals surface area contributed by atoms with E-state index < -0.39 is 0 Å². The van der Waals surface area contributed by atoms with Gasteiger partial charge in [-0.05, 0) is 33.2 Å². The lowest BCUT2D eigenvalue weighted by atomic mass is 10.1. The lowest BCUT2D eigenvalue weighted by molar-refractivity contribution is 0.442. The summed E-state index contributed by atoms with van der Waals surface area (Å²) in [6, 6.07) is 0.650. The predicted octanol–water partition coefficient (Wildman–Crippen LogP) is 1.84. The molecule has 1 aliphatic rings. The van der Waals surface area contributed by atoms with Gasteiger partial charge in [-0.3, -0.25) is 0 Å². The number of oxazole rings is 1. The summed E-state index contributed by atoms with van der Waals surface area (Å²) < 4.78 is 5.40. The molecule has 1 heterocycles. The van der Waals surface area contributed by atoms with Crippen molar-refractivity contribution in [2.24, 2.45) is 0 Å². The molecule has 3 nitrogen and oxygen atoms in total. The third-order valence-electron chi connectivity index (χ3n) is 2.83. The molecule has 0 aliphatic heterocycles. The third kappa shape index (κ3) is 1.75. The molecule has 0 bridgehead atoms. The highest BCUT2D eigenvalue weighted by Crippen LogP contribution is 2.33. The highest BCUT2D eigenvalue weighted by atomic mass is 16.3. The van der Waals surface area contributed by atoms with E-state index in [1.165, 1.54) is 12.8 Å². The van der Waals surface area contributed by atoms with Gasteiger partial charge in [-0.2, -0.15) is 0 Å². The Bertz CT molecular complexity index is 282. The Labute approximate surface area is 78.5 Å². The fraction of sp³-hybridized carbons (Fsp3) is 0.700. The molecule has 0 amide bonds. The van der Waals surface area contributed by atoms with E-state index in [4.69, 9.17) is 4.42 Å². The van der Waals surface area contributed by atoms with E-state index >= 15 is 0 Å². The van der Waals surface area contributed by atoms with Crippen LogP contribution in [0.3, 0.4) is 0 Å². The van der Waals surface area contributed by atoms with Gasteiger partial charge in [0, 0.05) is 12.0 Å². The zero-order chi connectivity index (χ0) is 9.26. The van der Waals surface area contributed by atoms with E-state index in [1.54, 1.807) is 6.26 Å². The minimum Gasteiger partial charge on any atom is -0.448 e. The minimum absolute atomic E-state index is 0.533. The van der Waals surface area contributed by atoms with Gasteiger partial charge in [0.15, 0.2) is 5.89 Å². The van der Waals surface area contributed by atoms with Gasteiger partial charge in [-0.1, -0.05) is 0 Å². The van der Waals surface area contributed by atoms with Crippen LogP contribution < -0.4 is 5.32 Å². The number of hydrogen-bond donors (Lipinski definition) is 1. The van der Waals surface area contributed by atoms with Crippen molar-refractivity contribution in [3.63, 3.8) is 0 Å². The van der Waals surface area contributed by atoms with E-state index in [0.29, 0.717) is 12.0 Å². The quantitative estimate of drug-likeness (QED) is 0.754. The molecule has 0 radical (unpaired) electrons. The molecular formula is C10H16N2O. The number of aromatic nitrogens is 1. The van der Waals surface area contributed by atoms with Crippen molar-refractivity contribution >= 4 is 0 Å². The first kappa shape index (κ1) is 8.75. The zero-order valence-electron chi connectivity index (χ0n) is 8.21. The van der Waals surface area contributed by atoms with Crippen LogP contribution in [0.1, 0.15) is 36.8 Å². The molecule has 3 heteroatoms. The first-order chi connectivity index (χ1) is 6.29. The van der Waals surface area contributed by atoms with Gasteiger partial charge in [0.2, 0.25) is 0 Å². The average molecular weight is 180 g/mol.